The van der Waals surface area contributed by atoms with Crippen LogP contribution in [0.25, 0.3) is 0 Å². The lowest BCUT2D eigenvalue weighted by Crippen LogP contribution is -2.36. The predicted octanol–water partition coefficient (Wildman–Crippen LogP) is 2.05. The molecule has 2 N–H and O–H groups in total. The van der Waals surface area contributed by atoms with Gasteiger partial charge in [0.2, 0.25) is 0 Å². The van der Waals surface area contributed by atoms with Crippen molar-refractivity contribution in [2.75, 3.05) is 6.54 Å². The van der Waals surface area contributed by atoms with E-state index in [1.807, 2.05) is 12.1 Å². The van der Waals surface area contributed by atoms with Crippen molar-refractivity contribution in [2.24, 2.45) is 5.41 Å². The molecule has 0 saturated heterocycles. The second kappa shape index (κ2) is 4.37. The van der Waals surface area contributed by atoms with Gasteiger partial charge in [0.1, 0.15) is 18.1 Å². The van der Waals surface area contributed by atoms with Crippen LogP contribution in [0.1, 0.15) is 37.7 Å². The van der Waals surface area contributed by atoms with E-state index in [1.54, 1.807) is 0 Å². The zero-order chi connectivity index (χ0) is 10.7. The smallest absolute Gasteiger partial charge is 0.129 e. The van der Waals surface area contributed by atoms with Gasteiger partial charge in [0.15, 0.2) is 0 Å². The van der Waals surface area contributed by atoms with Crippen molar-refractivity contribution in [3.8, 4) is 0 Å². The van der Waals surface area contributed by atoms with Gasteiger partial charge < -0.3 is 14.8 Å². The fourth-order valence-electron chi connectivity index (χ4n) is 2.05. The largest absolute Gasteiger partial charge is 0.462 e. The molecule has 3 nitrogen and oxygen atoms in total. The molecule has 1 aliphatic rings. The fourth-order valence-corrected chi connectivity index (χ4v) is 2.05. The van der Waals surface area contributed by atoms with Crippen LogP contribution in [-0.4, -0.2) is 11.7 Å². The number of hydrogen-bond acceptors (Lipinski definition) is 3. The molecule has 0 spiro atoms. The van der Waals surface area contributed by atoms with Crippen LogP contribution in [0.4, 0.5) is 0 Å². The zero-order valence-corrected chi connectivity index (χ0v) is 9.25. The summed E-state index contributed by atoms with van der Waals surface area (Å²) in [6.07, 6.45) is 4.04. The van der Waals surface area contributed by atoms with Crippen LogP contribution in [-0.2, 0) is 13.2 Å². The Kier molecular flexibility index (Phi) is 3.12. The molecule has 0 atom stereocenters. The highest BCUT2D eigenvalue weighted by molar-refractivity contribution is 5.06. The van der Waals surface area contributed by atoms with Crippen molar-refractivity contribution < 1.29 is 9.52 Å². The van der Waals surface area contributed by atoms with E-state index in [0.29, 0.717) is 11.2 Å². The van der Waals surface area contributed by atoms with Crippen LogP contribution < -0.4 is 5.32 Å². The minimum absolute atomic E-state index is 0.0162. The van der Waals surface area contributed by atoms with E-state index in [-0.39, 0.29) is 6.61 Å². The van der Waals surface area contributed by atoms with Crippen LogP contribution in [0.5, 0.6) is 0 Å². The third kappa shape index (κ3) is 2.61. The zero-order valence-electron chi connectivity index (χ0n) is 9.25. The third-order valence-electron chi connectivity index (χ3n) is 3.28. The molecule has 1 saturated carbocycles. The standard InChI is InChI=1S/C12H19NO2/c1-12(5-2-6-12)9-13-7-10-3-4-11(8-14)15-10/h3-4,13-14H,2,5-9H2,1H3. The maximum Gasteiger partial charge on any atom is 0.129 e. The maximum atomic E-state index is 8.84. The van der Waals surface area contributed by atoms with E-state index < -0.39 is 0 Å². The number of aliphatic hydroxyl groups is 1. The first kappa shape index (κ1) is 10.7. The van der Waals surface area contributed by atoms with Crippen molar-refractivity contribution in [3.63, 3.8) is 0 Å². The molecule has 84 valence electrons. The van der Waals surface area contributed by atoms with E-state index >= 15 is 0 Å². The Hall–Kier alpha value is -0.800. The third-order valence-corrected chi connectivity index (χ3v) is 3.28. The molecular weight excluding hydrogens is 190 g/mol. The Labute approximate surface area is 90.5 Å². The predicted molar refractivity (Wildman–Crippen MR) is 58.3 cm³/mol. The molecule has 0 bridgehead atoms. The van der Waals surface area contributed by atoms with Crippen molar-refractivity contribution in [1.82, 2.24) is 5.32 Å². The molecule has 1 aromatic heterocycles. The second-order valence-corrected chi connectivity index (χ2v) is 4.79. The van der Waals surface area contributed by atoms with E-state index in [2.05, 4.69) is 12.2 Å². The summed E-state index contributed by atoms with van der Waals surface area (Å²) in [5.74, 6) is 1.55. The van der Waals surface area contributed by atoms with Gasteiger partial charge in [0.05, 0.1) is 6.54 Å². The van der Waals surface area contributed by atoms with Gasteiger partial charge in [0, 0.05) is 6.54 Å². The van der Waals surface area contributed by atoms with Gasteiger partial charge in [-0.1, -0.05) is 13.3 Å². The number of nitrogens with one attached hydrogen (secondary N) is 1. The van der Waals surface area contributed by atoms with Crippen molar-refractivity contribution in [1.29, 1.82) is 0 Å². The molecule has 0 aliphatic heterocycles. The number of furan rings is 1. The molecule has 2 rings (SSSR count). The van der Waals surface area contributed by atoms with Crippen molar-refractivity contribution in [3.05, 3.63) is 23.7 Å². The average molecular weight is 209 g/mol. The van der Waals surface area contributed by atoms with Crippen LogP contribution in [0, 0.1) is 5.41 Å². The summed E-state index contributed by atoms with van der Waals surface area (Å²) in [5.41, 5.74) is 0.506. The summed E-state index contributed by atoms with van der Waals surface area (Å²) < 4.78 is 5.39. The van der Waals surface area contributed by atoms with Gasteiger partial charge in [-0.15, -0.1) is 0 Å². The highest BCUT2D eigenvalue weighted by Gasteiger charge is 2.30. The molecule has 1 heterocycles. The monoisotopic (exact) mass is 209 g/mol. The first-order chi connectivity index (χ1) is 7.22. The summed E-state index contributed by atoms with van der Waals surface area (Å²) in [6.45, 7) is 4.13. The molecule has 1 aliphatic carbocycles. The van der Waals surface area contributed by atoms with E-state index in [4.69, 9.17) is 9.52 Å². The SMILES string of the molecule is CC1(CNCc2ccc(CO)o2)CCC1. The molecule has 1 aromatic rings. The minimum Gasteiger partial charge on any atom is -0.462 e. The average Bonchev–Trinajstić information content (AvgIpc) is 2.63. The number of rotatable bonds is 5. The lowest BCUT2D eigenvalue weighted by molar-refractivity contribution is 0.155. The number of aliphatic hydroxyl groups excluding tert-OH is 1. The Balaban J connectivity index is 1.73. The summed E-state index contributed by atoms with van der Waals surface area (Å²) >= 11 is 0. The summed E-state index contributed by atoms with van der Waals surface area (Å²) in [7, 11) is 0. The van der Waals surface area contributed by atoms with E-state index in [0.717, 1.165) is 18.8 Å². The first-order valence-corrected chi connectivity index (χ1v) is 5.61. The Morgan fingerprint density at radius 1 is 1.40 bits per heavy atom. The second-order valence-electron chi connectivity index (χ2n) is 4.79. The fraction of sp³-hybridized carbons (Fsp3) is 0.667. The number of hydrogen-bond donors (Lipinski definition) is 2. The molecule has 0 radical (unpaired) electrons. The first-order valence-electron chi connectivity index (χ1n) is 5.61. The molecule has 0 amide bonds. The maximum absolute atomic E-state index is 8.84. The van der Waals surface area contributed by atoms with Gasteiger partial charge in [0.25, 0.3) is 0 Å². The van der Waals surface area contributed by atoms with Crippen molar-refractivity contribution >= 4 is 0 Å². The highest BCUT2D eigenvalue weighted by atomic mass is 16.4. The van der Waals surface area contributed by atoms with Gasteiger partial charge in [-0.3, -0.25) is 0 Å². The normalized spacial score (nSPS) is 18.8. The lowest BCUT2D eigenvalue weighted by atomic mass is 9.70. The van der Waals surface area contributed by atoms with E-state index in [9.17, 15) is 0 Å². The van der Waals surface area contributed by atoms with Crippen LogP contribution in [0.15, 0.2) is 16.5 Å². The quantitative estimate of drug-likeness (QED) is 0.780. The lowest BCUT2D eigenvalue weighted by Gasteiger charge is -2.38. The van der Waals surface area contributed by atoms with Crippen LogP contribution >= 0.6 is 0 Å². The summed E-state index contributed by atoms with van der Waals surface area (Å²) in [5, 5.41) is 12.2. The molecule has 3 heteroatoms. The Morgan fingerprint density at radius 3 is 2.67 bits per heavy atom. The Bertz CT molecular complexity index is 315. The van der Waals surface area contributed by atoms with Crippen molar-refractivity contribution in [2.45, 2.75) is 39.3 Å². The molecule has 1 fully saturated rings. The topological polar surface area (TPSA) is 45.4 Å². The molecule has 0 unspecified atom stereocenters. The Morgan fingerprint density at radius 2 is 2.13 bits per heavy atom. The minimum atomic E-state index is -0.0162. The van der Waals surface area contributed by atoms with E-state index in [1.165, 1.54) is 19.3 Å². The van der Waals surface area contributed by atoms with Gasteiger partial charge in [-0.2, -0.15) is 0 Å². The van der Waals surface area contributed by atoms with Gasteiger partial charge in [-0.05, 0) is 30.4 Å². The molecular formula is C12H19NO2. The van der Waals surface area contributed by atoms with Gasteiger partial charge >= 0.3 is 0 Å². The molecule has 15 heavy (non-hydrogen) atoms. The van der Waals surface area contributed by atoms with Crippen LogP contribution in [0.3, 0.4) is 0 Å². The summed E-state index contributed by atoms with van der Waals surface area (Å²) in [6, 6.07) is 3.74. The molecule has 0 aromatic carbocycles. The van der Waals surface area contributed by atoms with Crippen LogP contribution in [0.2, 0.25) is 0 Å². The summed E-state index contributed by atoms with van der Waals surface area (Å²) in [4.78, 5) is 0. The highest BCUT2D eigenvalue weighted by Crippen LogP contribution is 2.39. The van der Waals surface area contributed by atoms with Gasteiger partial charge in [-0.25, -0.2) is 0 Å².